The Morgan fingerprint density at radius 2 is 2.24 bits per heavy atom. The van der Waals surface area contributed by atoms with Crippen molar-refractivity contribution in [2.75, 3.05) is 11.9 Å². The van der Waals surface area contributed by atoms with Crippen LogP contribution in [0.3, 0.4) is 0 Å². The maximum absolute atomic E-state index is 11.7. The van der Waals surface area contributed by atoms with Gasteiger partial charge in [0.25, 0.3) is 5.91 Å². The van der Waals surface area contributed by atoms with Crippen LogP contribution in [0, 0.1) is 0 Å². The van der Waals surface area contributed by atoms with Crippen molar-refractivity contribution < 1.29 is 19.4 Å². The fourth-order valence-electron chi connectivity index (χ4n) is 2.08. The molecule has 2 heterocycles. The molecule has 1 aliphatic rings. The third-order valence-electron chi connectivity index (χ3n) is 2.98. The van der Waals surface area contributed by atoms with Crippen molar-refractivity contribution in [1.82, 2.24) is 4.57 Å². The number of rotatable bonds is 3. The van der Waals surface area contributed by atoms with Gasteiger partial charge in [-0.15, -0.1) is 0 Å². The number of fused-ring (bicyclic) bond motifs is 1. The van der Waals surface area contributed by atoms with E-state index in [1.54, 1.807) is 23.6 Å². The normalized spacial score (nSPS) is 13.2. The summed E-state index contributed by atoms with van der Waals surface area (Å²) in [6.07, 6.45) is 0. The van der Waals surface area contributed by atoms with E-state index in [0.29, 0.717) is 22.7 Å². The molecule has 1 aliphatic heterocycles. The Kier molecular flexibility index (Phi) is 3.22. The van der Waals surface area contributed by atoms with Crippen LogP contribution in [-0.4, -0.2) is 28.2 Å². The number of benzene rings is 1. The molecule has 7 nitrogen and oxygen atoms in total. The molecule has 0 spiro atoms. The Morgan fingerprint density at radius 3 is 3.00 bits per heavy atom. The molecule has 0 unspecified atom stereocenters. The number of aromatic nitrogens is 1. The van der Waals surface area contributed by atoms with Crippen molar-refractivity contribution in [1.29, 1.82) is 0 Å². The highest BCUT2D eigenvalue weighted by Gasteiger charge is 2.18. The molecule has 1 aromatic carbocycles. The SMILES string of the molecule is O=C(O)Cn1c(-c2ccc3c(c2)NC(=O)CO3)csc1=O. The summed E-state index contributed by atoms with van der Waals surface area (Å²) >= 11 is 0.931. The van der Waals surface area contributed by atoms with Gasteiger partial charge in [0.1, 0.15) is 12.3 Å². The van der Waals surface area contributed by atoms with E-state index in [0.717, 1.165) is 11.3 Å². The highest BCUT2D eigenvalue weighted by atomic mass is 32.1. The summed E-state index contributed by atoms with van der Waals surface area (Å²) in [5.41, 5.74) is 1.64. The van der Waals surface area contributed by atoms with Gasteiger partial charge in [0.2, 0.25) is 0 Å². The number of aliphatic carboxylic acids is 1. The van der Waals surface area contributed by atoms with E-state index in [9.17, 15) is 14.4 Å². The molecule has 0 aliphatic carbocycles. The van der Waals surface area contributed by atoms with Crippen LogP contribution in [0.15, 0.2) is 28.4 Å². The fourth-order valence-corrected chi connectivity index (χ4v) is 2.85. The summed E-state index contributed by atoms with van der Waals surface area (Å²) in [6.45, 7) is -0.438. The van der Waals surface area contributed by atoms with Crippen LogP contribution >= 0.6 is 11.3 Å². The van der Waals surface area contributed by atoms with Gasteiger partial charge in [-0.05, 0) is 18.2 Å². The molecular weight excluding hydrogens is 296 g/mol. The molecule has 0 fully saturated rings. The number of hydrogen-bond acceptors (Lipinski definition) is 5. The predicted molar refractivity (Wildman–Crippen MR) is 75.8 cm³/mol. The Bertz CT molecular complexity index is 792. The first kappa shape index (κ1) is 13.4. The molecular formula is C13H10N2O5S. The smallest absolute Gasteiger partial charge is 0.323 e. The molecule has 21 heavy (non-hydrogen) atoms. The monoisotopic (exact) mass is 306 g/mol. The molecule has 1 amide bonds. The molecule has 0 bridgehead atoms. The van der Waals surface area contributed by atoms with Crippen LogP contribution in [0.2, 0.25) is 0 Å². The number of hydrogen-bond donors (Lipinski definition) is 2. The number of carboxylic acid groups (broad SMARTS) is 1. The van der Waals surface area contributed by atoms with Gasteiger partial charge in [0, 0.05) is 10.9 Å². The van der Waals surface area contributed by atoms with Gasteiger partial charge in [-0.25, -0.2) is 0 Å². The maximum atomic E-state index is 11.7. The second kappa shape index (κ2) is 5.06. The molecule has 2 aromatic rings. The highest BCUT2D eigenvalue weighted by molar-refractivity contribution is 7.07. The van der Waals surface area contributed by atoms with Gasteiger partial charge >= 0.3 is 10.8 Å². The molecule has 0 saturated carbocycles. The molecule has 0 radical (unpaired) electrons. The van der Waals surface area contributed by atoms with Crippen molar-refractivity contribution in [2.45, 2.75) is 6.54 Å². The van der Waals surface area contributed by atoms with Crippen LogP contribution in [0.25, 0.3) is 11.3 Å². The number of amides is 1. The van der Waals surface area contributed by atoms with E-state index in [4.69, 9.17) is 9.84 Å². The van der Waals surface area contributed by atoms with E-state index in [-0.39, 0.29) is 17.4 Å². The van der Waals surface area contributed by atoms with Gasteiger partial charge in [0.15, 0.2) is 6.61 Å². The minimum Gasteiger partial charge on any atom is -0.482 e. The topological polar surface area (TPSA) is 97.6 Å². The summed E-state index contributed by atoms with van der Waals surface area (Å²) in [4.78, 5) is 33.5. The van der Waals surface area contributed by atoms with Crippen LogP contribution in [0.1, 0.15) is 0 Å². The fraction of sp³-hybridized carbons (Fsp3) is 0.154. The minimum atomic E-state index is -1.09. The zero-order valence-corrected chi connectivity index (χ0v) is 11.5. The zero-order valence-electron chi connectivity index (χ0n) is 10.7. The maximum Gasteiger partial charge on any atom is 0.323 e. The first-order valence-electron chi connectivity index (χ1n) is 6.02. The molecule has 0 saturated heterocycles. The second-order valence-electron chi connectivity index (χ2n) is 4.41. The number of anilines is 1. The molecule has 3 rings (SSSR count). The van der Waals surface area contributed by atoms with Crippen molar-refractivity contribution in [3.8, 4) is 17.0 Å². The number of carboxylic acids is 1. The third-order valence-corrected chi connectivity index (χ3v) is 3.75. The van der Waals surface area contributed by atoms with Gasteiger partial charge < -0.3 is 15.2 Å². The van der Waals surface area contributed by atoms with Crippen molar-refractivity contribution >= 4 is 28.9 Å². The van der Waals surface area contributed by atoms with Gasteiger partial charge in [0.05, 0.1) is 11.4 Å². The average molecular weight is 306 g/mol. The van der Waals surface area contributed by atoms with E-state index in [1.165, 1.54) is 4.57 Å². The summed E-state index contributed by atoms with van der Waals surface area (Å²) < 4.78 is 6.44. The quantitative estimate of drug-likeness (QED) is 0.881. The molecule has 108 valence electrons. The summed E-state index contributed by atoms with van der Waals surface area (Å²) in [7, 11) is 0. The van der Waals surface area contributed by atoms with Crippen molar-refractivity contribution in [3.05, 3.63) is 33.2 Å². The lowest BCUT2D eigenvalue weighted by Crippen LogP contribution is -2.25. The van der Waals surface area contributed by atoms with Crippen LogP contribution in [0.4, 0.5) is 5.69 Å². The number of thiazole rings is 1. The predicted octanol–water partition coefficient (Wildman–Crippen LogP) is 0.992. The lowest BCUT2D eigenvalue weighted by Gasteiger charge is -2.18. The third kappa shape index (κ3) is 2.52. The van der Waals surface area contributed by atoms with E-state index < -0.39 is 12.5 Å². The Morgan fingerprint density at radius 1 is 1.43 bits per heavy atom. The minimum absolute atomic E-state index is 0.0332. The van der Waals surface area contributed by atoms with E-state index >= 15 is 0 Å². The van der Waals surface area contributed by atoms with Crippen molar-refractivity contribution in [2.24, 2.45) is 0 Å². The largest absolute Gasteiger partial charge is 0.482 e. The average Bonchev–Trinajstić information content (AvgIpc) is 2.79. The van der Waals surface area contributed by atoms with E-state index in [1.807, 2.05) is 0 Å². The first-order valence-corrected chi connectivity index (χ1v) is 6.90. The van der Waals surface area contributed by atoms with E-state index in [2.05, 4.69) is 5.32 Å². The lowest BCUT2D eigenvalue weighted by molar-refractivity contribution is -0.137. The summed E-state index contributed by atoms with van der Waals surface area (Å²) in [6, 6.07) is 5.06. The molecule has 0 atom stereocenters. The Hall–Kier alpha value is -2.61. The number of ether oxygens (including phenoxy) is 1. The number of nitrogens with one attached hydrogen (secondary N) is 1. The standard InChI is InChI=1S/C13H10N2O5S/c16-11-5-20-10-2-1-7(3-8(10)14-11)9-6-21-13(19)15(9)4-12(17)18/h1-3,6H,4-5H2,(H,14,16)(H,17,18). The highest BCUT2D eigenvalue weighted by Crippen LogP contribution is 2.32. The number of carbonyl (C=O) groups excluding carboxylic acids is 1. The van der Waals surface area contributed by atoms with Gasteiger partial charge in [-0.2, -0.15) is 0 Å². The van der Waals surface area contributed by atoms with Gasteiger partial charge in [-0.3, -0.25) is 19.0 Å². The summed E-state index contributed by atoms with van der Waals surface area (Å²) in [5.74, 6) is -0.806. The molecule has 8 heteroatoms. The van der Waals surface area contributed by atoms with Crippen LogP contribution in [0.5, 0.6) is 5.75 Å². The van der Waals surface area contributed by atoms with Crippen LogP contribution < -0.4 is 14.9 Å². The Balaban J connectivity index is 2.05. The molecule has 2 N–H and O–H groups in total. The Labute approximate surface area is 122 Å². The van der Waals surface area contributed by atoms with Crippen molar-refractivity contribution in [3.63, 3.8) is 0 Å². The number of carbonyl (C=O) groups is 2. The van der Waals surface area contributed by atoms with Crippen LogP contribution in [-0.2, 0) is 16.1 Å². The zero-order chi connectivity index (χ0) is 15.0. The van der Waals surface area contributed by atoms with Gasteiger partial charge in [-0.1, -0.05) is 11.3 Å². The first-order chi connectivity index (χ1) is 10.0. The number of nitrogens with zero attached hydrogens (tertiary/aromatic N) is 1. The molecule has 1 aromatic heterocycles. The second-order valence-corrected chi connectivity index (χ2v) is 5.24. The lowest BCUT2D eigenvalue weighted by atomic mass is 10.1. The summed E-state index contributed by atoms with van der Waals surface area (Å²) in [5, 5.41) is 13.1.